The fourth-order valence-corrected chi connectivity index (χ4v) is 3.96. The molecule has 1 saturated carbocycles. The number of carbonyl (C=O) groups is 3. The third-order valence-corrected chi connectivity index (χ3v) is 5.71. The maximum absolute atomic E-state index is 13.3. The minimum atomic E-state index is -0.979. The van der Waals surface area contributed by atoms with Crippen LogP contribution in [0.15, 0.2) is 42.5 Å². The minimum absolute atomic E-state index is 0.0336. The van der Waals surface area contributed by atoms with Crippen LogP contribution >= 0.6 is 0 Å². The lowest BCUT2D eigenvalue weighted by molar-refractivity contribution is -0.384. The van der Waals surface area contributed by atoms with Crippen LogP contribution in [0.2, 0.25) is 0 Å². The first kappa shape index (κ1) is 24.8. The lowest BCUT2D eigenvalue weighted by Crippen LogP contribution is -2.43. The van der Waals surface area contributed by atoms with E-state index < -0.39 is 35.1 Å². The number of carbonyl (C=O) groups excluding carboxylic acids is 3. The van der Waals surface area contributed by atoms with Gasteiger partial charge in [-0.3, -0.25) is 14.9 Å². The lowest BCUT2D eigenvalue weighted by Gasteiger charge is -2.34. The standard InChI is InChI=1S/C24H25FN2O7/c1-33-23(29)17-11-18(13-21(12-17)27(31)32)24(30)34-15-22(28)26(20-5-3-2-4-6-20)14-16-7-9-19(25)10-8-16/h7-13,20H,2-6,14-15H2,1H3. The molecular formula is C24H25FN2O7. The summed E-state index contributed by atoms with van der Waals surface area (Å²) < 4.78 is 23.0. The normalized spacial score (nSPS) is 13.7. The van der Waals surface area contributed by atoms with Gasteiger partial charge < -0.3 is 14.4 Å². The number of amides is 1. The predicted octanol–water partition coefficient (Wildman–Crippen LogP) is 4.04. The molecule has 0 aliphatic heterocycles. The van der Waals surface area contributed by atoms with Gasteiger partial charge in [-0.05, 0) is 36.6 Å². The summed E-state index contributed by atoms with van der Waals surface area (Å²) in [5.74, 6) is -2.64. The molecule has 1 amide bonds. The fourth-order valence-electron chi connectivity index (χ4n) is 3.96. The highest BCUT2D eigenvalue weighted by atomic mass is 19.1. The van der Waals surface area contributed by atoms with Gasteiger partial charge in [-0.2, -0.15) is 0 Å². The molecular weight excluding hydrogens is 447 g/mol. The van der Waals surface area contributed by atoms with Crippen molar-refractivity contribution in [2.75, 3.05) is 13.7 Å². The maximum atomic E-state index is 13.3. The van der Waals surface area contributed by atoms with Crippen LogP contribution in [0, 0.1) is 15.9 Å². The summed E-state index contributed by atoms with van der Waals surface area (Å²) in [5.41, 5.74) is -0.172. The van der Waals surface area contributed by atoms with E-state index in [2.05, 4.69) is 4.74 Å². The van der Waals surface area contributed by atoms with Crippen molar-refractivity contribution in [1.82, 2.24) is 4.90 Å². The summed E-state index contributed by atoms with van der Waals surface area (Å²) in [6.45, 7) is -0.336. The summed E-state index contributed by atoms with van der Waals surface area (Å²) in [7, 11) is 1.11. The number of rotatable bonds is 8. The summed E-state index contributed by atoms with van der Waals surface area (Å²) in [6.07, 6.45) is 4.66. The van der Waals surface area contributed by atoms with Gasteiger partial charge in [-0.1, -0.05) is 31.4 Å². The molecule has 0 radical (unpaired) electrons. The quantitative estimate of drug-likeness (QED) is 0.323. The van der Waals surface area contributed by atoms with Gasteiger partial charge >= 0.3 is 11.9 Å². The van der Waals surface area contributed by atoms with Crippen LogP contribution in [0.3, 0.4) is 0 Å². The molecule has 10 heteroatoms. The van der Waals surface area contributed by atoms with Crippen LogP contribution in [0.4, 0.5) is 10.1 Å². The number of nitro benzene ring substituents is 1. The molecule has 0 aromatic heterocycles. The number of nitrogens with zero attached hydrogens (tertiary/aromatic N) is 2. The molecule has 34 heavy (non-hydrogen) atoms. The average Bonchev–Trinajstić information content (AvgIpc) is 2.86. The third kappa shape index (κ3) is 6.37. The molecule has 0 N–H and O–H groups in total. The molecule has 0 saturated heterocycles. The van der Waals surface area contributed by atoms with Gasteiger partial charge in [-0.25, -0.2) is 14.0 Å². The highest BCUT2D eigenvalue weighted by Gasteiger charge is 2.27. The molecule has 180 valence electrons. The summed E-state index contributed by atoms with van der Waals surface area (Å²) >= 11 is 0. The number of hydrogen-bond acceptors (Lipinski definition) is 7. The topological polar surface area (TPSA) is 116 Å². The van der Waals surface area contributed by atoms with Crippen molar-refractivity contribution in [1.29, 1.82) is 0 Å². The van der Waals surface area contributed by atoms with Crippen LogP contribution in [-0.2, 0) is 20.8 Å². The first-order valence-corrected chi connectivity index (χ1v) is 10.9. The Morgan fingerprint density at radius 2 is 1.65 bits per heavy atom. The number of halogens is 1. The zero-order valence-electron chi connectivity index (χ0n) is 18.7. The first-order chi connectivity index (χ1) is 16.3. The molecule has 0 bridgehead atoms. The number of hydrogen-bond donors (Lipinski definition) is 0. The summed E-state index contributed by atoms with van der Waals surface area (Å²) in [4.78, 5) is 49.5. The smallest absolute Gasteiger partial charge is 0.338 e. The van der Waals surface area contributed by atoms with Crippen LogP contribution in [0.5, 0.6) is 0 Å². The SMILES string of the molecule is COC(=O)c1cc(C(=O)OCC(=O)N(Cc2ccc(F)cc2)C2CCCCC2)cc([N+](=O)[O-])c1. The Bertz CT molecular complexity index is 1070. The number of nitro groups is 1. The number of benzene rings is 2. The molecule has 1 aliphatic carbocycles. The molecule has 0 unspecified atom stereocenters. The van der Waals surface area contributed by atoms with Crippen molar-refractivity contribution in [2.24, 2.45) is 0 Å². The molecule has 0 spiro atoms. The molecule has 1 aliphatic rings. The lowest BCUT2D eigenvalue weighted by atomic mass is 9.93. The molecule has 9 nitrogen and oxygen atoms in total. The average molecular weight is 472 g/mol. The predicted molar refractivity (Wildman–Crippen MR) is 119 cm³/mol. The molecule has 2 aromatic carbocycles. The van der Waals surface area contributed by atoms with Gasteiger partial charge in [0.2, 0.25) is 0 Å². The Morgan fingerprint density at radius 1 is 1.03 bits per heavy atom. The molecule has 0 heterocycles. The van der Waals surface area contributed by atoms with Crippen molar-refractivity contribution in [3.63, 3.8) is 0 Å². The fraction of sp³-hybridized carbons (Fsp3) is 0.375. The van der Waals surface area contributed by atoms with E-state index >= 15 is 0 Å². The van der Waals surface area contributed by atoms with Crippen LogP contribution in [-0.4, -0.2) is 47.4 Å². The number of esters is 2. The van der Waals surface area contributed by atoms with E-state index in [0.29, 0.717) is 0 Å². The number of ether oxygens (including phenoxy) is 2. The van der Waals surface area contributed by atoms with Gasteiger partial charge in [0.05, 0.1) is 23.2 Å². The number of non-ortho nitro benzene ring substituents is 1. The highest BCUT2D eigenvalue weighted by molar-refractivity contribution is 5.97. The van der Waals surface area contributed by atoms with E-state index in [0.717, 1.165) is 63.0 Å². The van der Waals surface area contributed by atoms with E-state index in [9.17, 15) is 28.9 Å². The van der Waals surface area contributed by atoms with Gasteiger partial charge in [0.1, 0.15) is 5.82 Å². The van der Waals surface area contributed by atoms with Gasteiger partial charge in [-0.15, -0.1) is 0 Å². The second kappa shape index (κ2) is 11.4. The van der Waals surface area contributed by atoms with Crippen molar-refractivity contribution in [3.05, 3.63) is 75.1 Å². The number of methoxy groups -OCH3 is 1. The van der Waals surface area contributed by atoms with E-state index in [1.165, 1.54) is 12.1 Å². The van der Waals surface area contributed by atoms with Gasteiger partial charge in [0, 0.05) is 24.7 Å². The second-order valence-electron chi connectivity index (χ2n) is 8.03. The minimum Gasteiger partial charge on any atom is -0.465 e. The zero-order valence-corrected chi connectivity index (χ0v) is 18.7. The van der Waals surface area contributed by atoms with Gasteiger partial charge in [0.25, 0.3) is 11.6 Å². The molecule has 2 aromatic rings. The summed E-state index contributed by atoms with van der Waals surface area (Å²) in [6, 6.07) is 8.87. The Kier molecular flexibility index (Phi) is 8.29. The Balaban J connectivity index is 1.74. The van der Waals surface area contributed by atoms with E-state index in [4.69, 9.17) is 4.74 Å². The van der Waals surface area contributed by atoms with E-state index in [-0.39, 0.29) is 29.5 Å². The maximum Gasteiger partial charge on any atom is 0.338 e. The van der Waals surface area contributed by atoms with Crippen LogP contribution < -0.4 is 0 Å². The third-order valence-electron chi connectivity index (χ3n) is 5.71. The van der Waals surface area contributed by atoms with Crippen molar-refractivity contribution in [2.45, 2.75) is 44.7 Å². The monoisotopic (exact) mass is 472 g/mol. The van der Waals surface area contributed by atoms with Crippen LogP contribution in [0.25, 0.3) is 0 Å². The van der Waals surface area contributed by atoms with E-state index in [1.807, 2.05) is 0 Å². The van der Waals surface area contributed by atoms with Crippen LogP contribution in [0.1, 0.15) is 58.4 Å². The van der Waals surface area contributed by atoms with Crippen molar-refractivity contribution >= 4 is 23.5 Å². The molecule has 0 atom stereocenters. The highest BCUT2D eigenvalue weighted by Crippen LogP contribution is 2.25. The van der Waals surface area contributed by atoms with E-state index in [1.54, 1.807) is 17.0 Å². The first-order valence-electron chi connectivity index (χ1n) is 10.9. The largest absolute Gasteiger partial charge is 0.465 e. The molecule has 1 fully saturated rings. The Labute approximate surface area is 195 Å². The summed E-state index contributed by atoms with van der Waals surface area (Å²) in [5, 5.41) is 11.2. The molecule has 3 rings (SSSR count). The van der Waals surface area contributed by atoms with Gasteiger partial charge in [0.15, 0.2) is 6.61 Å². The zero-order chi connectivity index (χ0) is 24.7. The second-order valence-corrected chi connectivity index (χ2v) is 8.03. The Hall–Kier alpha value is -3.82. The van der Waals surface area contributed by atoms with Crippen molar-refractivity contribution in [3.8, 4) is 0 Å². The van der Waals surface area contributed by atoms with Crippen molar-refractivity contribution < 1.29 is 33.2 Å². The Morgan fingerprint density at radius 3 is 2.24 bits per heavy atom.